The summed E-state index contributed by atoms with van der Waals surface area (Å²) >= 11 is 0. The number of carbonyl (C=O) groups excluding carboxylic acids is 2. The van der Waals surface area contributed by atoms with Crippen molar-refractivity contribution in [3.63, 3.8) is 0 Å². The lowest BCUT2D eigenvalue weighted by atomic mass is 9.73. The van der Waals surface area contributed by atoms with E-state index in [0.29, 0.717) is 17.9 Å². The Bertz CT molecular complexity index is 1040. The molecule has 1 aromatic carbocycles. The molecule has 0 aromatic heterocycles. The Balaban J connectivity index is 1.72. The number of phenolic OH excluding ortho intramolecular Hbond substituents is 1. The highest BCUT2D eigenvalue weighted by atomic mass is 16.5. The van der Waals surface area contributed by atoms with E-state index >= 15 is 0 Å². The van der Waals surface area contributed by atoms with Gasteiger partial charge in [-0.3, -0.25) is 4.79 Å². The number of phenols is 1. The zero-order chi connectivity index (χ0) is 24.2. The minimum Gasteiger partial charge on any atom is -0.507 e. The Morgan fingerprint density at radius 3 is 2.52 bits per heavy atom. The minimum absolute atomic E-state index is 0.00652. The van der Waals surface area contributed by atoms with Gasteiger partial charge in [0.15, 0.2) is 0 Å². The SMILES string of the molecule is CCCCCCC(C)(C)c1cc(O)c(C23CC(=O)[C@H]4C[C@@H]2C43C)c(OC(=O)/C=C/C(=O)O)c1. The molecule has 3 aliphatic carbocycles. The number of Topliss-reactive ketones (excluding diaryl/α,β-unsaturated/α-hetero) is 1. The highest BCUT2D eigenvalue weighted by molar-refractivity contribution is 5.95. The molecule has 4 rings (SSSR count). The number of carboxylic acids is 1. The number of ketones is 1. The first kappa shape index (κ1) is 23.5. The number of carboxylic acid groups (broad SMARTS) is 1. The summed E-state index contributed by atoms with van der Waals surface area (Å²) < 4.78 is 5.65. The van der Waals surface area contributed by atoms with E-state index in [2.05, 4.69) is 27.7 Å². The maximum atomic E-state index is 12.6. The molecule has 6 heteroatoms. The summed E-state index contributed by atoms with van der Waals surface area (Å²) in [5.74, 6) is -1.24. The van der Waals surface area contributed by atoms with Gasteiger partial charge in [0.1, 0.15) is 17.3 Å². The van der Waals surface area contributed by atoms with Gasteiger partial charge in [0.05, 0.1) is 0 Å². The molecule has 0 amide bonds. The second-order valence-electron chi connectivity index (χ2n) is 10.9. The van der Waals surface area contributed by atoms with Crippen LogP contribution in [0.2, 0.25) is 0 Å². The van der Waals surface area contributed by atoms with E-state index in [9.17, 15) is 19.5 Å². The van der Waals surface area contributed by atoms with Crippen LogP contribution in [0.4, 0.5) is 0 Å². The normalized spacial score (nSPS) is 29.6. The van der Waals surface area contributed by atoms with Gasteiger partial charge in [0, 0.05) is 35.5 Å². The van der Waals surface area contributed by atoms with Crippen LogP contribution in [0.15, 0.2) is 24.3 Å². The topological polar surface area (TPSA) is 101 Å². The maximum Gasteiger partial charge on any atom is 0.336 e. The quantitative estimate of drug-likeness (QED) is 0.222. The molecular weight excluding hydrogens is 420 g/mol. The number of ether oxygens (including phenoxy) is 1. The maximum absolute atomic E-state index is 12.6. The predicted molar refractivity (Wildman–Crippen MR) is 123 cm³/mol. The van der Waals surface area contributed by atoms with Gasteiger partial charge in [0.2, 0.25) is 0 Å². The van der Waals surface area contributed by atoms with Gasteiger partial charge in [-0.2, -0.15) is 0 Å². The monoisotopic (exact) mass is 454 g/mol. The number of carbonyl (C=O) groups is 3. The molecule has 3 saturated carbocycles. The third-order valence-electron chi connectivity index (χ3n) is 8.77. The fourth-order valence-electron chi connectivity index (χ4n) is 6.79. The number of hydrogen-bond donors (Lipinski definition) is 2. The lowest BCUT2D eigenvalue weighted by molar-refractivity contribution is -0.133. The summed E-state index contributed by atoms with van der Waals surface area (Å²) in [6.45, 7) is 8.49. The van der Waals surface area contributed by atoms with Crippen LogP contribution in [-0.2, 0) is 25.2 Å². The Kier molecular flexibility index (Phi) is 5.70. The molecular formula is C27H34O6. The van der Waals surface area contributed by atoms with E-state index in [1.165, 1.54) is 6.42 Å². The Morgan fingerprint density at radius 1 is 1.21 bits per heavy atom. The summed E-state index contributed by atoms with van der Waals surface area (Å²) in [6.07, 6.45) is 8.21. The first-order valence-electron chi connectivity index (χ1n) is 12.0. The largest absolute Gasteiger partial charge is 0.507 e. The van der Waals surface area contributed by atoms with E-state index in [0.717, 1.165) is 49.8 Å². The van der Waals surface area contributed by atoms with Gasteiger partial charge in [-0.25, -0.2) is 9.59 Å². The molecule has 33 heavy (non-hydrogen) atoms. The van der Waals surface area contributed by atoms with Crippen LogP contribution in [0.1, 0.15) is 83.8 Å². The smallest absolute Gasteiger partial charge is 0.336 e. The Morgan fingerprint density at radius 2 is 1.94 bits per heavy atom. The second kappa shape index (κ2) is 8.00. The van der Waals surface area contributed by atoms with Crippen molar-refractivity contribution >= 4 is 17.7 Å². The number of benzene rings is 1. The van der Waals surface area contributed by atoms with E-state index in [1.807, 2.05) is 6.07 Å². The van der Waals surface area contributed by atoms with Gasteiger partial charge < -0.3 is 14.9 Å². The van der Waals surface area contributed by atoms with E-state index in [-0.39, 0.29) is 34.0 Å². The average molecular weight is 455 g/mol. The minimum atomic E-state index is -1.24. The molecule has 1 aromatic rings. The lowest BCUT2D eigenvalue weighted by Crippen LogP contribution is -2.31. The van der Waals surface area contributed by atoms with Crippen molar-refractivity contribution in [2.45, 2.75) is 83.5 Å². The van der Waals surface area contributed by atoms with Crippen molar-refractivity contribution in [3.8, 4) is 11.5 Å². The molecule has 178 valence electrons. The van der Waals surface area contributed by atoms with E-state index in [4.69, 9.17) is 9.84 Å². The number of unbranched alkanes of at least 4 members (excludes halogenated alkanes) is 3. The van der Waals surface area contributed by atoms with E-state index in [1.54, 1.807) is 6.07 Å². The van der Waals surface area contributed by atoms with Crippen LogP contribution in [0.25, 0.3) is 0 Å². The molecule has 0 aliphatic heterocycles. The molecule has 2 unspecified atom stereocenters. The van der Waals surface area contributed by atoms with Crippen molar-refractivity contribution < 1.29 is 29.3 Å². The van der Waals surface area contributed by atoms with Crippen LogP contribution >= 0.6 is 0 Å². The van der Waals surface area contributed by atoms with Gasteiger partial charge in [-0.15, -0.1) is 0 Å². The summed E-state index contributed by atoms with van der Waals surface area (Å²) in [7, 11) is 0. The number of aromatic hydroxyl groups is 1. The second-order valence-corrected chi connectivity index (χ2v) is 10.9. The molecule has 3 fully saturated rings. The third-order valence-corrected chi connectivity index (χ3v) is 8.77. The zero-order valence-electron chi connectivity index (χ0n) is 19.9. The van der Waals surface area contributed by atoms with Crippen LogP contribution in [0.3, 0.4) is 0 Å². The molecule has 4 atom stereocenters. The van der Waals surface area contributed by atoms with Gasteiger partial charge in [0.25, 0.3) is 0 Å². The fourth-order valence-corrected chi connectivity index (χ4v) is 6.79. The first-order chi connectivity index (χ1) is 15.5. The van der Waals surface area contributed by atoms with Crippen molar-refractivity contribution in [2.24, 2.45) is 17.3 Å². The average Bonchev–Trinajstić information content (AvgIpc) is 3.03. The first-order valence-corrected chi connectivity index (χ1v) is 12.0. The molecule has 0 bridgehead atoms. The fraction of sp³-hybridized carbons (Fsp3) is 0.593. The van der Waals surface area contributed by atoms with Gasteiger partial charge in [-0.1, -0.05) is 53.4 Å². The van der Waals surface area contributed by atoms with Crippen LogP contribution in [0.5, 0.6) is 11.5 Å². The van der Waals surface area contributed by atoms with Gasteiger partial charge >= 0.3 is 11.9 Å². The van der Waals surface area contributed by atoms with E-state index < -0.39 is 17.4 Å². The number of fused-ring (bicyclic) bond motifs is 1. The standard InChI is InChI=1S/C27H34O6/c1-5-6-7-8-11-25(2,3)16-12-18(28)24(20(13-16)33-23(32)10-9-22(30)31)27-15-19(29)17-14-21(27)26(17,27)4/h9-10,12-13,17,21,28H,5-8,11,14-15H2,1-4H3,(H,30,31)/b10-9+/t17-,21-,26?,27?/m1/s1. The van der Waals surface area contributed by atoms with Crippen LogP contribution in [0, 0.1) is 17.3 Å². The molecule has 0 heterocycles. The molecule has 0 saturated heterocycles. The number of esters is 1. The van der Waals surface area contributed by atoms with Crippen molar-refractivity contribution in [1.82, 2.24) is 0 Å². The molecule has 2 N–H and O–H groups in total. The van der Waals surface area contributed by atoms with Crippen molar-refractivity contribution in [3.05, 3.63) is 35.4 Å². The zero-order valence-corrected chi connectivity index (χ0v) is 19.9. The number of hydrogen-bond acceptors (Lipinski definition) is 5. The molecule has 3 aliphatic rings. The highest BCUT2D eigenvalue weighted by Crippen LogP contribution is 2.89. The number of rotatable bonds is 10. The summed E-state index contributed by atoms with van der Waals surface area (Å²) in [5.41, 5.74) is 0.442. The van der Waals surface area contributed by atoms with Crippen LogP contribution in [-0.4, -0.2) is 27.9 Å². The third kappa shape index (κ3) is 3.49. The Hall–Kier alpha value is -2.63. The van der Waals surface area contributed by atoms with Crippen LogP contribution < -0.4 is 4.74 Å². The highest BCUT2D eigenvalue weighted by Gasteiger charge is 2.89. The molecule has 6 nitrogen and oxygen atoms in total. The summed E-state index contributed by atoms with van der Waals surface area (Å²) in [4.78, 5) is 35.9. The lowest BCUT2D eigenvalue weighted by Gasteiger charge is -2.30. The van der Waals surface area contributed by atoms with Gasteiger partial charge in [-0.05, 0) is 47.3 Å². The van der Waals surface area contributed by atoms with Crippen molar-refractivity contribution in [1.29, 1.82) is 0 Å². The number of aliphatic carboxylic acids is 1. The predicted octanol–water partition coefficient (Wildman–Crippen LogP) is 5.05. The summed E-state index contributed by atoms with van der Waals surface area (Å²) in [6, 6.07) is 3.59. The molecule has 0 radical (unpaired) electrons. The molecule has 0 spiro atoms. The Labute approximate surface area is 195 Å². The van der Waals surface area contributed by atoms with Crippen molar-refractivity contribution in [2.75, 3.05) is 0 Å². The summed E-state index contributed by atoms with van der Waals surface area (Å²) in [5, 5.41) is 20.1.